The quantitative estimate of drug-likeness (QED) is 0.904. The van der Waals surface area contributed by atoms with Crippen molar-refractivity contribution in [1.29, 1.82) is 0 Å². The average Bonchev–Trinajstić information content (AvgIpc) is 2.49. The predicted molar refractivity (Wildman–Crippen MR) is 82.6 cm³/mol. The van der Waals surface area contributed by atoms with Crippen LogP contribution in [0.5, 0.6) is 0 Å². The highest BCUT2D eigenvalue weighted by atomic mass is 16.2. The Morgan fingerprint density at radius 3 is 2.38 bits per heavy atom. The summed E-state index contributed by atoms with van der Waals surface area (Å²) in [5.41, 5.74) is -0.128. The predicted octanol–water partition coefficient (Wildman–Crippen LogP) is 2.44. The molecule has 0 saturated carbocycles. The zero-order valence-electron chi connectivity index (χ0n) is 13.1. The van der Waals surface area contributed by atoms with Gasteiger partial charge in [-0.15, -0.1) is 0 Å². The minimum absolute atomic E-state index is 0.00593. The molecule has 1 N–H and O–H groups in total. The van der Waals surface area contributed by atoms with E-state index in [0.717, 1.165) is 18.4 Å². The van der Waals surface area contributed by atoms with Gasteiger partial charge in [-0.3, -0.25) is 9.59 Å². The highest BCUT2D eigenvalue weighted by molar-refractivity contribution is 6.00. The lowest BCUT2D eigenvalue weighted by molar-refractivity contribution is -0.155. The standard InChI is InChI=1S/C17H24N2O2/c1-4-9-14-15(20)18-17(3,13-10-7-6-8-11-13)16(21)19(14)12-5-2/h6-8,10-11,14H,4-5,9,12H2,1-3H3,(H,18,20). The van der Waals surface area contributed by atoms with E-state index >= 15 is 0 Å². The Labute approximate surface area is 126 Å². The van der Waals surface area contributed by atoms with Gasteiger partial charge in [0.2, 0.25) is 5.91 Å². The molecule has 1 aliphatic rings. The summed E-state index contributed by atoms with van der Waals surface area (Å²) in [4.78, 5) is 27.2. The third-order valence-electron chi connectivity index (χ3n) is 4.12. The zero-order valence-corrected chi connectivity index (χ0v) is 13.1. The number of benzene rings is 1. The molecule has 0 aromatic heterocycles. The second kappa shape index (κ2) is 6.29. The van der Waals surface area contributed by atoms with Gasteiger partial charge in [-0.1, -0.05) is 50.6 Å². The number of hydrogen-bond acceptors (Lipinski definition) is 2. The Hall–Kier alpha value is -1.84. The van der Waals surface area contributed by atoms with Crippen LogP contribution in [0.1, 0.15) is 45.6 Å². The Kier molecular flexibility index (Phi) is 4.66. The Bertz CT molecular complexity index is 515. The summed E-state index contributed by atoms with van der Waals surface area (Å²) < 4.78 is 0. The van der Waals surface area contributed by atoms with Crippen molar-refractivity contribution in [2.24, 2.45) is 0 Å². The second-order valence-electron chi connectivity index (χ2n) is 5.78. The molecule has 114 valence electrons. The van der Waals surface area contributed by atoms with Gasteiger partial charge in [0.05, 0.1) is 0 Å². The van der Waals surface area contributed by atoms with Crippen LogP contribution in [0.4, 0.5) is 0 Å². The fourth-order valence-corrected chi connectivity index (χ4v) is 2.98. The molecule has 1 aliphatic heterocycles. The summed E-state index contributed by atoms with van der Waals surface area (Å²) in [6.07, 6.45) is 2.44. The van der Waals surface area contributed by atoms with Gasteiger partial charge >= 0.3 is 0 Å². The maximum Gasteiger partial charge on any atom is 0.253 e. The van der Waals surface area contributed by atoms with Gasteiger partial charge in [-0.25, -0.2) is 0 Å². The average molecular weight is 288 g/mol. The number of amides is 2. The Balaban J connectivity index is 2.38. The van der Waals surface area contributed by atoms with Crippen LogP contribution in [0.15, 0.2) is 30.3 Å². The molecule has 2 unspecified atom stereocenters. The first-order valence-corrected chi connectivity index (χ1v) is 7.73. The first kappa shape index (κ1) is 15.5. The molecule has 0 aliphatic carbocycles. The maximum atomic E-state index is 13.0. The molecule has 1 aromatic carbocycles. The molecule has 2 rings (SSSR count). The van der Waals surface area contributed by atoms with E-state index in [-0.39, 0.29) is 17.9 Å². The van der Waals surface area contributed by atoms with Crippen LogP contribution < -0.4 is 5.32 Å². The van der Waals surface area contributed by atoms with E-state index in [9.17, 15) is 9.59 Å². The summed E-state index contributed by atoms with van der Waals surface area (Å²) in [5.74, 6) is -0.0511. The minimum atomic E-state index is -0.961. The molecule has 1 aromatic rings. The summed E-state index contributed by atoms with van der Waals surface area (Å²) in [6, 6.07) is 9.14. The summed E-state index contributed by atoms with van der Waals surface area (Å²) in [7, 11) is 0. The van der Waals surface area contributed by atoms with Gasteiger partial charge < -0.3 is 10.2 Å². The van der Waals surface area contributed by atoms with Crippen LogP contribution in [-0.4, -0.2) is 29.3 Å². The largest absolute Gasteiger partial charge is 0.336 e. The van der Waals surface area contributed by atoms with Crippen molar-refractivity contribution < 1.29 is 9.59 Å². The van der Waals surface area contributed by atoms with Crippen molar-refractivity contribution in [2.75, 3.05) is 6.54 Å². The molecule has 21 heavy (non-hydrogen) atoms. The SMILES string of the molecule is CCCC1C(=O)NC(C)(c2ccccc2)C(=O)N1CCC. The van der Waals surface area contributed by atoms with Crippen LogP contribution in [0, 0.1) is 0 Å². The first-order chi connectivity index (χ1) is 10.0. The highest BCUT2D eigenvalue weighted by Crippen LogP contribution is 2.29. The maximum absolute atomic E-state index is 13.0. The van der Waals surface area contributed by atoms with E-state index in [1.165, 1.54) is 0 Å². The molecule has 2 atom stereocenters. The highest BCUT2D eigenvalue weighted by Gasteiger charge is 2.48. The molecule has 4 heteroatoms. The van der Waals surface area contributed by atoms with E-state index < -0.39 is 5.54 Å². The van der Waals surface area contributed by atoms with Crippen molar-refractivity contribution >= 4 is 11.8 Å². The fraction of sp³-hybridized carbons (Fsp3) is 0.529. The monoisotopic (exact) mass is 288 g/mol. The van der Waals surface area contributed by atoms with Crippen LogP contribution in [0.3, 0.4) is 0 Å². The second-order valence-corrected chi connectivity index (χ2v) is 5.78. The first-order valence-electron chi connectivity index (χ1n) is 7.73. The fourth-order valence-electron chi connectivity index (χ4n) is 2.98. The smallest absolute Gasteiger partial charge is 0.253 e. The lowest BCUT2D eigenvalue weighted by Crippen LogP contribution is -2.67. The van der Waals surface area contributed by atoms with Crippen LogP contribution in [-0.2, 0) is 15.1 Å². The van der Waals surface area contributed by atoms with Gasteiger partial charge in [0.25, 0.3) is 5.91 Å². The lowest BCUT2D eigenvalue weighted by atomic mass is 9.86. The number of carbonyl (C=O) groups excluding carboxylic acids is 2. The zero-order chi connectivity index (χ0) is 15.5. The van der Waals surface area contributed by atoms with Crippen molar-refractivity contribution in [2.45, 2.75) is 51.6 Å². The van der Waals surface area contributed by atoms with Gasteiger partial charge in [0.1, 0.15) is 11.6 Å². The molecule has 1 heterocycles. The van der Waals surface area contributed by atoms with Gasteiger partial charge in [-0.2, -0.15) is 0 Å². The van der Waals surface area contributed by atoms with Crippen LogP contribution >= 0.6 is 0 Å². The summed E-state index contributed by atoms with van der Waals surface area (Å²) in [6.45, 7) is 6.49. The number of rotatable bonds is 5. The number of piperazine rings is 1. The van der Waals surface area contributed by atoms with Crippen molar-refractivity contribution in [3.05, 3.63) is 35.9 Å². The van der Waals surface area contributed by atoms with E-state index in [1.807, 2.05) is 44.2 Å². The number of hydrogen-bond donors (Lipinski definition) is 1. The molecular formula is C17H24N2O2. The van der Waals surface area contributed by atoms with Crippen LogP contribution in [0.25, 0.3) is 0 Å². The minimum Gasteiger partial charge on any atom is -0.336 e. The number of nitrogens with one attached hydrogen (secondary N) is 1. The third-order valence-corrected chi connectivity index (χ3v) is 4.12. The number of carbonyl (C=O) groups is 2. The molecular weight excluding hydrogens is 264 g/mol. The molecule has 4 nitrogen and oxygen atoms in total. The third kappa shape index (κ3) is 2.80. The molecule has 1 saturated heterocycles. The lowest BCUT2D eigenvalue weighted by Gasteiger charge is -2.44. The van der Waals surface area contributed by atoms with Gasteiger partial charge in [0.15, 0.2) is 0 Å². The van der Waals surface area contributed by atoms with Crippen molar-refractivity contribution in [1.82, 2.24) is 10.2 Å². The normalized spacial score (nSPS) is 25.9. The molecule has 2 amide bonds. The van der Waals surface area contributed by atoms with Crippen molar-refractivity contribution in [3.8, 4) is 0 Å². The molecule has 0 spiro atoms. The van der Waals surface area contributed by atoms with E-state index in [4.69, 9.17) is 0 Å². The van der Waals surface area contributed by atoms with E-state index in [1.54, 1.807) is 11.8 Å². The topological polar surface area (TPSA) is 49.4 Å². The summed E-state index contributed by atoms with van der Waals surface area (Å²) in [5, 5.41) is 2.95. The molecule has 0 bridgehead atoms. The van der Waals surface area contributed by atoms with Gasteiger partial charge in [-0.05, 0) is 25.3 Å². The van der Waals surface area contributed by atoms with Gasteiger partial charge in [0, 0.05) is 6.54 Å². The number of nitrogens with zero attached hydrogens (tertiary/aromatic N) is 1. The van der Waals surface area contributed by atoms with E-state index in [2.05, 4.69) is 5.32 Å². The van der Waals surface area contributed by atoms with Crippen molar-refractivity contribution in [3.63, 3.8) is 0 Å². The van der Waals surface area contributed by atoms with Crippen LogP contribution in [0.2, 0.25) is 0 Å². The van der Waals surface area contributed by atoms with E-state index in [0.29, 0.717) is 13.0 Å². The Morgan fingerprint density at radius 1 is 1.14 bits per heavy atom. The Morgan fingerprint density at radius 2 is 1.81 bits per heavy atom. The molecule has 1 fully saturated rings. The molecule has 0 radical (unpaired) electrons. The summed E-state index contributed by atoms with van der Waals surface area (Å²) >= 11 is 0.